The Kier molecular flexibility index (Phi) is 6.68. The van der Waals surface area contributed by atoms with Crippen molar-refractivity contribution >= 4 is 16.9 Å². The Morgan fingerprint density at radius 3 is 3.11 bits per heavy atom. The van der Waals surface area contributed by atoms with Crippen LogP contribution in [0.4, 0.5) is 9.18 Å². The Bertz CT molecular complexity index is 764. The van der Waals surface area contributed by atoms with Gasteiger partial charge in [-0.3, -0.25) is 0 Å². The predicted octanol–water partition coefficient (Wildman–Crippen LogP) is 2.81. The number of nitrogens with zero attached hydrogens (tertiary/aromatic N) is 2. The van der Waals surface area contributed by atoms with E-state index in [1.165, 1.54) is 12.1 Å². The van der Waals surface area contributed by atoms with Crippen LogP contribution in [0.5, 0.6) is 0 Å². The minimum absolute atomic E-state index is 0.0855. The predicted molar refractivity (Wildman–Crippen MR) is 104 cm³/mol. The lowest BCUT2D eigenvalue weighted by Gasteiger charge is -2.19. The molecule has 1 aliphatic heterocycles. The number of methoxy groups -OCH3 is 1. The summed E-state index contributed by atoms with van der Waals surface area (Å²) in [4.78, 5) is 19.7. The van der Waals surface area contributed by atoms with Gasteiger partial charge in [-0.2, -0.15) is 0 Å². The van der Waals surface area contributed by atoms with Crippen LogP contribution in [0.1, 0.15) is 18.5 Å². The Balaban J connectivity index is 1.42. The quantitative estimate of drug-likeness (QED) is 0.697. The SMILES string of the molecule is COCCCN1CCC(CNC(=O)N(C)Cc2cc3cc(F)ccc3[nH]2)C1. The summed E-state index contributed by atoms with van der Waals surface area (Å²) in [5, 5.41) is 3.85. The molecule has 2 N–H and O–H groups in total. The van der Waals surface area contributed by atoms with Crippen molar-refractivity contribution in [2.45, 2.75) is 19.4 Å². The molecule has 1 aromatic heterocycles. The highest BCUT2D eigenvalue weighted by Gasteiger charge is 2.23. The lowest BCUT2D eigenvalue weighted by Crippen LogP contribution is -2.39. The molecule has 0 spiro atoms. The van der Waals surface area contributed by atoms with Gasteiger partial charge in [0.1, 0.15) is 5.82 Å². The number of nitrogens with one attached hydrogen (secondary N) is 2. The Hall–Kier alpha value is -2.12. The lowest BCUT2D eigenvalue weighted by molar-refractivity contribution is 0.178. The van der Waals surface area contributed by atoms with Crippen molar-refractivity contribution in [1.82, 2.24) is 20.1 Å². The number of halogens is 1. The molecule has 0 aliphatic carbocycles. The molecule has 0 bridgehead atoms. The fourth-order valence-electron chi connectivity index (χ4n) is 3.66. The maximum absolute atomic E-state index is 13.3. The van der Waals surface area contributed by atoms with E-state index in [4.69, 9.17) is 4.74 Å². The van der Waals surface area contributed by atoms with Crippen molar-refractivity contribution in [1.29, 1.82) is 0 Å². The second kappa shape index (κ2) is 9.19. The molecule has 148 valence electrons. The Morgan fingerprint density at radius 1 is 1.44 bits per heavy atom. The van der Waals surface area contributed by atoms with E-state index in [9.17, 15) is 9.18 Å². The first-order chi connectivity index (χ1) is 13.0. The second-order valence-corrected chi connectivity index (χ2v) is 7.37. The number of amides is 2. The summed E-state index contributed by atoms with van der Waals surface area (Å²) in [6, 6.07) is 6.44. The highest BCUT2D eigenvalue weighted by atomic mass is 19.1. The number of likely N-dealkylation sites (tertiary alicyclic amines) is 1. The summed E-state index contributed by atoms with van der Waals surface area (Å²) in [6.45, 7) is 5.12. The molecular formula is C20H29FN4O2. The molecule has 0 radical (unpaired) electrons. The Morgan fingerprint density at radius 2 is 2.30 bits per heavy atom. The fourth-order valence-corrected chi connectivity index (χ4v) is 3.66. The third-order valence-electron chi connectivity index (χ3n) is 5.13. The van der Waals surface area contributed by atoms with E-state index >= 15 is 0 Å². The van der Waals surface area contributed by atoms with Crippen LogP contribution in [0.25, 0.3) is 10.9 Å². The minimum Gasteiger partial charge on any atom is -0.385 e. The normalized spacial score (nSPS) is 17.5. The van der Waals surface area contributed by atoms with Gasteiger partial charge >= 0.3 is 6.03 Å². The Labute approximate surface area is 159 Å². The van der Waals surface area contributed by atoms with Crippen LogP contribution in [0.3, 0.4) is 0 Å². The van der Waals surface area contributed by atoms with E-state index < -0.39 is 0 Å². The third-order valence-corrected chi connectivity index (χ3v) is 5.13. The topological polar surface area (TPSA) is 60.6 Å². The highest BCUT2D eigenvalue weighted by molar-refractivity contribution is 5.80. The van der Waals surface area contributed by atoms with Gasteiger partial charge in [-0.25, -0.2) is 9.18 Å². The summed E-state index contributed by atoms with van der Waals surface area (Å²) < 4.78 is 18.4. The number of H-pyrrole nitrogens is 1. The largest absolute Gasteiger partial charge is 0.385 e. The maximum Gasteiger partial charge on any atom is 0.317 e. The molecule has 1 atom stereocenters. The van der Waals surface area contributed by atoms with Crippen molar-refractivity contribution in [3.05, 3.63) is 35.8 Å². The third kappa shape index (κ3) is 5.43. The molecule has 3 rings (SSSR count). The molecule has 2 aromatic rings. The fraction of sp³-hybridized carbons (Fsp3) is 0.550. The average Bonchev–Trinajstić information content (AvgIpc) is 3.25. The van der Waals surface area contributed by atoms with Crippen molar-refractivity contribution in [2.75, 3.05) is 46.9 Å². The van der Waals surface area contributed by atoms with Gasteiger partial charge in [-0.15, -0.1) is 0 Å². The number of carbonyl (C=O) groups is 1. The summed E-state index contributed by atoms with van der Waals surface area (Å²) in [6.07, 6.45) is 2.16. The summed E-state index contributed by atoms with van der Waals surface area (Å²) in [5.41, 5.74) is 1.76. The number of hydrogen-bond acceptors (Lipinski definition) is 3. The van der Waals surface area contributed by atoms with Crippen LogP contribution in [-0.2, 0) is 11.3 Å². The number of rotatable bonds is 8. The molecule has 7 heteroatoms. The number of ether oxygens (including phenoxy) is 1. The number of benzene rings is 1. The molecule has 2 heterocycles. The maximum atomic E-state index is 13.3. The molecule has 6 nitrogen and oxygen atoms in total. The first kappa shape index (κ1) is 19.6. The first-order valence-corrected chi connectivity index (χ1v) is 9.52. The van der Waals surface area contributed by atoms with E-state index in [0.717, 1.165) is 55.7 Å². The second-order valence-electron chi connectivity index (χ2n) is 7.37. The zero-order valence-electron chi connectivity index (χ0n) is 16.1. The van der Waals surface area contributed by atoms with Crippen LogP contribution >= 0.6 is 0 Å². The van der Waals surface area contributed by atoms with Gasteiger partial charge in [-0.1, -0.05) is 0 Å². The molecular weight excluding hydrogens is 347 g/mol. The number of aromatic amines is 1. The summed E-state index contributed by atoms with van der Waals surface area (Å²) in [5.74, 6) is 0.243. The van der Waals surface area contributed by atoms with Crippen molar-refractivity contribution in [3.63, 3.8) is 0 Å². The molecule has 2 amide bonds. The van der Waals surface area contributed by atoms with Gasteiger partial charge in [0, 0.05) is 57.0 Å². The van der Waals surface area contributed by atoms with Gasteiger partial charge in [-0.05, 0) is 49.6 Å². The smallest absolute Gasteiger partial charge is 0.317 e. The van der Waals surface area contributed by atoms with Crippen molar-refractivity contribution in [2.24, 2.45) is 5.92 Å². The lowest BCUT2D eigenvalue weighted by atomic mass is 10.1. The number of aromatic nitrogens is 1. The summed E-state index contributed by atoms with van der Waals surface area (Å²) in [7, 11) is 3.50. The van der Waals surface area contributed by atoms with Crippen LogP contribution in [0.2, 0.25) is 0 Å². The number of hydrogen-bond donors (Lipinski definition) is 2. The van der Waals surface area contributed by atoms with Gasteiger partial charge in [0.2, 0.25) is 0 Å². The first-order valence-electron chi connectivity index (χ1n) is 9.52. The molecule has 1 unspecified atom stereocenters. The zero-order chi connectivity index (χ0) is 19.2. The number of carbonyl (C=O) groups excluding carboxylic acids is 1. The highest BCUT2D eigenvalue weighted by Crippen LogP contribution is 2.18. The van der Waals surface area contributed by atoms with Crippen LogP contribution in [0, 0.1) is 11.7 Å². The van der Waals surface area contributed by atoms with E-state index in [0.29, 0.717) is 19.0 Å². The van der Waals surface area contributed by atoms with Crippen molar-refractivity contribution in [3.8, 4) is 0 Å². The molecule has 1 saturated heterocycles. The summed E-state index contributed by atoms with van der Waals surface area (Å²) >= 11 is 0. The number of urea groups is 1. The van der Waals surface area contributed by atoms with Gasteiger partial charge in [0.15, 0.2) is 0 Å². The standard InChI is InChI=1S/C20H29FN4O2/c1-24(14-18-11-16-10-17(21)4-5-19(16)23-18)20(26)22-12-15-6-8-25(13-15)7-3-9-27-2/h4-5,10-11,15,23H,3,6-9,12-14H2,1-2H3,(H,22,26). The monoisotopic (exact) mass is 376 g/mol. The van der Waals surface area contributed by atoms with Crippen molar-refractivity contribution < 1.29 is 13.9 Å². The van der Waals surface area contributed by atoms with Crippen LogP contribution < -0.4 is 5.32 Å². The van der Waals surface area contributed by atoms with E-state index in [2.05, 4.69) is 15.2 Å². The minimum atomic E-state index is -0.257. The molecule has 27 heavy (non-hydrogen) atoms. The molecule has 1 fully saturated rings. The van der Waals surface area contributed by atoms with Crippen LogP contribution in [-0.4, -0.2) is 67.8 Å². The average molecular weight is 376 g/mol. The van der Waals surface area contributed by atoms with E-state index in [-0.39, 0.29) is 11.8 Å². The molecule has 1 aromatic carbocycles. The number of fused-ring (bicyclic) bond motifs is 1. The van der Waals surface area contributed by atoms with E-state index in [1.807, 2.05) is 6.07 Å². The molecule has 0 saturated carbocycles. The van der Waals surface area contributed by atoms with Gasteiger partial charge in [0.25, 0.3) is 0 Å². The van der Waals surface area contributed by atoms with E-state index in [1.54, 1.807) is 25.1 Å². The van der Waals surface area contributed by atoms with Gasteiger partial charge in [0.05, 0.1) is 6.54 Å². The molecule has 1 aliphatic rings. The van der Waals surface area contributed by atoms with Crippen LogP contribution in [0.15, 0.2) is 24.3 Å². The van der Waals surface area contributed by atoms with Gasteiger partial charge < -0.3 is 24.8 Å². The zero-order valence-corrected chi connectivity index (χ0v) is 16.1.